The lowest BCUT2D eigenvalue weighted by molar-refractivity contribution is -0.107. The zero-order valence-corrected chi connectivity index (χ0v) is 13.2. The number of ether oxygens (including phenoxy) is 3. The maximum Gasteiger partial charge on any atom is 0.0939 e. The van der Waals surface area contributed by atoms with Crippen LogP contribution < -0.4 is 5.32 Å². The fourth-order valence-electron chi connectivity index (χ4n) is 5.19. The van der Waals surface area contributed by atoms with Gasteiger partial charge in [0.25, 0.3) is 0 Å². The number of rotatable bonds is 4. The summed E-state index contributed by atoms with van der Waals surface area (Å²) in [6.07, 6.45) is 8.31. The average molecular weight is 295 g/mol. The van der Waals surface area contributed by atoms with Gasteiger partial charge in [0.15, 0.2) is 0 Å². The summed E-state index contributed by atoms with van der Waals surface area (Å²) in [5.74, 6) is 1.43. The van der Waals surface area contributed by atoms with Crippen LogP contribution in [0.2, 0.25) is 0 Å². The van der Waals surface area contributed by atoms with Crippen molar-refractivity contribution in [1.29, 1.82) is 0 Å². The Morgan fingerprint density at radius 1 is 1.24 bits per heavy atom. The Bertz CT molecular complexity index is 369. The molecule has 6 atom stereocenters. The van der Waals surface area contributed by atoms with Crippen molar-refractivity contribution < 1.29 is 14.2 Å². The van der Waals surface area contributed by atoms with Gasteiger partial charge >= 0.3 is 0 Å². The highest BCUT2D eigenvalue weighted by Gasteiger charge is 2.49. The Morgan fingerprint density at radius 3 is 2.86 bits per heavy atom. The van der Waals surface area contributed by atoms with Crippen molar-refractivity contribution in [2.75, 3.05) is 26.4 Å². The van der Waals surface area contributed by atoms with Gasteiger partial charge in [-0.15, -0.1) is 0 Å². The van der Waals surface area contributed by atoms with E-state index in [1.807, 2.05) is 0 Å². The van der Waals surface area contributed by atoms with Crippen LogP contribution in [0, 0.1) is 11.8 Å². The van der Waals surface area contributed by atoms with Crippen LogP contribution >= 0.6 is 0 Å². The lowest BCUT2D eigenvalue weighted by atomic mass is 9.73. The number of nitrogens with one attached hydrogen (secondary N) is 1. The van der Waals surface area contributed by atoms with Crippen LogP contribution in [-0.4, -0.2) is 50.2 Å². The van der Waals surface area contributed by atoms with E-state index in [0.717, 1.165) is 32.8 Å². The van der Waals surface area contributed by atoms with Crippen molar-refractivity contribution in [3.63, 3.8) is 0 Å². The minimum absolute atomic E-state index is 0.0229. The molecule has 0 aromatic carbocycles. The SMILES string of the molecule is CCNC(C1CCOC2(CCOC2)C1)C1CC2CCC1O2. The molecule has 0 amide bonds. The van der Waals surface area contributed by atoms with E-state index in [0.29, 0.717) is 30.1 Å². The third kappa shape index (κ3) is 2.65. The van der Waals surface area contributed by atoms with Crippen LogP contribution in [0.4, 0.5) is 0 Å². The molecule has 120 valence electrons. The molecule has 4 nitrogen and oxygen atoms in total. The summed E-state index contributed by atoms with van der Waals surface area (Å²) < 4.78 is 17.9. The molecule has 0 radical (unpaired) electrons. The second-order valence-electron chi connectivity index (χ2n) is 7.44. The summed E-state index contributed by atoms with van der Waals surface area (Å²) in [6, 6.07) is 0.603. The lowest BCUT2D eigenvalue weighted by Gasteiger charge is -2.43. The van der Waals surface area contributed by atoms with E-state index in [2.05, 4.69) is 12.2 Å². The molecule has 4 saturated heterocycles. The summed E-state index contributed by atoms with van der Waals surface area (Å²) in [4.78, 5) is 0. The van der Waals surface area contributed by atoms with Gasteiger partial charge in [0.1, 0.15) is 0 Å². The molecule has 4 fully saturated rings. The first kappa shape index (κ1) is 14.4. The normalized spacial score (nSPS) is 47.3. The predicted molar refractivity (Wildman–Crippen MR) is 80.3 cm³/mol. The fraction of sp³-hybridized carbons (Fsp3) is 1.00. The number of hydrogen-bond acceptors (Lipinski definition) is 4. The first-order chi connectivity index (χ1) is 10.3. The molecule has 4 rings (SSSR count). The van der Waals surface area contributed by atoms with Gasteiger partial charge in [-0.2, -0.15) is 0 Å². The van der Waals surface area contributed by atoms with E-state index in [1.54, 1.807) is 0 Å². The zero-order valence-electron chi connectivity index (χ0n) is 13.2. The largest absolute Gasteiger partial charge is 0.378 e. The Hall–Kier alpha value is -0.160. The second kappa shape index (κ2) is 5.80. The van der Waals surface area contributed by atoms with E-state index in [4.69, 9.17) is 14.2 Å². The molecule has 4 aliphatic rings. The summed E-state index contributed by atoms with van der Waals surface area (Å²) in [7, 11) is 0. The standard InChI is InChI=1S/C17H29NO3/c1-2-18-16(14-9-13-3-4-15(14)21-13)12-5-7-20-17(10-12)6-8-19-11-17/h12-16,18H,2-11H2,1H3. The minimum Gasteiger partial charge on any atom is -0.378 e. The third-order valence-electron chi connectivity index (χ3n) is 6.16. The van der Waals surface area contributed by atoms with Gasteiger partial charge in [0.05, 0.1) is 24.4 Å². The average Bonchev–Trinajstić information content (AvgIpc) is 3.22. The predicted octanol–water partition coefficient (Wildman–Crippen LogP) is 2.12. The maximum atomic E-state index is 6.13. The van der Waals surface area contributed by atoms with Gasteiger partial charge in [0, 0.05) is 31.6 Å². The van der Waals surface area contributed by atoms with Crippen LogP contribution in [0.25, 0.3) is 0 Å². The molecule has 0 saturated carbocycles. The molecule has 0 aliphatic carbocycles. The van der Waals surface area contributed by atoms with Crippen molar-refractivity contribution in [2.24, 2.45) is 11.8 Å². The fourth-order valence-corrected chi connectivity index (χ4v) is 5.19. The Kier molecular flexibility index (Phi) is 3.99. The van der Waals surface area contributed by atoms with Crippen LogP contribution in [0.3, 0.4) is 0 Å². The first-order valence-electron chi connectivity index (χ1n) is 8.90. The maximum absolute atomic E-state index is 6.13. The van der Waals surface area contributed by atoms with E-state index < -0.39 is 0 Å². The van der Waals surface area contributed by atoms with Crippen molar-refractivity contribution in [1.82, 2.24) is 5.32 Å². The van der Waals surface area contributed by atoms with Crippen LogP contribution in [0.15, 0.2) is 0 Å². The molecule has 21 heavy (non-hydrogen) atoms. The highest BCUT2D eigenvalue weighted by molar-refractivity contribution is 5.01. The molecule has 4 heteroatoms. The summed E-state index contributed by atoms with van der Waals surface area (Å²) in [5.41, 5.74) is 0.0229. The van der Waals surface area contributed by atoms with Gasteiger partial charge in [-0.25, -0.2) is 0 Å². The van der Waals surface area contributed by atoms with Crippen molar-refractivity contribution >= 4 is 0 Å². The minimum atomic E-state index is 0.0229. The van der Waals surface area contributed by atoms with Crippen LogP contribution in [0.1, 0.15) is 45.4 Å². The Balaban J connectivity index is 1.48. The number of hydrogen-bond donors (Lipinski definition) is 1. The highest BCUT2D eigenvalue weighted by Crippen LogP contribution is 2.45. The number of fused-ring (bicyclic) bond motifs is 2. The van der Waals surface area contributed by atoms with Crippen LogP contribution in [-0.2, 0) is 14.2 Å². The molecule has 4 heterocycles. The molecular weight excluding hydrogens is 266 g/mol. The van der Waals surface area contributed by atoms with Gasteiger partial charge in [0.2, 0.25) is 0 Å². The second-order valence-corrected chi connectivity index (χ2v) is 7.44. The van der Waals surface area contributed by atoms with E-state index in [1.165, 1.54) is 32.1 Å². The smallest absolute Gasteiger partial charge is 0.0939 e. The monoisotopic (exact) mass is 295 g/mol. The van der Waals surface area contributed by atoms with Gasteiger partial charge < -0.3 is 19.5 Å². The Labute approximate surface area is 127 Å². The highest BCUT2D eigenvalue weighted by atomic mass is 16.6. The first-order valence-corrected chi connectivity index (χ1v) is 8.90. The molecule has 6 unspecified atom stereocenters. The Morgan fingerprint density at radius 2 is 2.19 bits per heavy atom. The van der Waals surface area contributed by atoms with Crippen molar-refractivity contribution in [2.45, 2.75) is 69.3 Å². The molecule has 4 aliphatic heterocycles. The molecule has 0 aromatic heterocycles. The van der Waals surface area contributed by atoms with E-state index >= 15 is 0 Å². The summed E-state index contributed by atoms with van der Waals surface area (Å²) in [6.45, 7) is 5.86. The topological polar surface area (TPSA) is 39.7 Å². The molecule has 1 N–H and O–H groups in total. The third-order valence-corrected chi connectivity index (χ3v) is 6.16. The van der Waals surface area contributed by atoms with E-state index in [-0.39, 0.29) is 5.60 Å². The van der Waals surface area contributed by atoms with Crippen LogP contribution in [0.5, 0.6) is 0 Å². The molecule has 0 aromatic rings. The summed E-state index contributed by atoms with van der Waals surface area (Å²) >= 11 is 0. The van der Waals surface area contributed by atoms with Crippen molar-refractivity contribution in [3.05, 3.63) is 0 Å². The van der Waals surface area contributed by atoms with Gasteiger partial charge in [-0.05, 0) is 44.6 Å². The van der Waals surface area contributed by atoms with Gasteiger partial charge in [-0.3, -0.25) is 0 Å². The molecule has 2 bridgehead atoms. The zero-order chi connectivity index (χ0) is 14.3. The molecular formula is C17H29NO3. The lowest BCUT2D eigenvalue weighted by Crippen LogP contribution is -2.51. The van der Waals surface area contributed by atoms with Gasteiger partial charge in [-0.1, -0.05) is 6.92 Å². The van der Waals surface area contributed by atoms with E-state index in [9.17, 15) is 0 Å². The van der Waals surface area contributed by atoms with Crippen molar-refractivity contribution in [3.8, 4) is 0 Å². The quantitative estimate of drug-likeness (QED) is 0.862. The molecule has 1 spiro atoms. The summed E-state index contributed by atoms with van der Waals surface area (Å²) in [5, 5.41) is 3.81.